The molecule has 0 saturated carbocycles. The molecule has 1 aromatic rings. The first-order chi connectivity index (χ1) is 9.26. The first-order valence-electron chi connectivity index (χ1n) is 7.33. The second-order valence-corrected chi connectivity index (χ2v) is 5.11. The minimum absolute atomic E-state index is 0.285. The predicted octanol–water partition coefficient (Wildman–Crippen LogP) is 2.69. The fourth-order valence-corrected chi connectivity index (χ4v) is 2.89. The van der Waals surface area contributed by atoms with Gasteiger partial charge in [-0.25, -0.2) is 0 Å². The molecule has 1 atom stereocenters. The molecule has 3 nitrogen and oxygen atoms in total. The van der Waals surface area contributed by atoms with E-state index in [0.29, 0.717) is 12.5 Å². The zero-order chi connectivity index (χ0) is 13.7. The number of amides is 1. The van der Waals surface area contributed by atoms with Crippen LogP contribution >= 0.6 is 0 Å². The van der Waals surface area contributed by atoms with Gasteiger partial charge in [0.2, 0.25) is 5.91 Å². The monoisotopic (exact) mass is 260 g/mol. The molecule has 2 rings (SSSR count). The summed E-state index contributed by atoms with van der Waals surface area (Å²) < 4.78 is 0. The molecular weight excluding hydrogens is 236 g/mol. The minimum Gasteiger partial charge on any atom is -0.340 e. The Morgan fingerprint density at radius 3 is 2.26 bits per heavy atom. The topological polar surface area (TPSA) is 23.6 Å². The lowest BCUT2D eigenvalue weighted by Crippen LogP contribution is -2.49. The molecule has 0 bridgehead atoms. The average Bonchev–Trinajstić information content (AvgIpc) is 2.49. The standard InChI is InChI=1S/C16H24N2O/c1-3-15(14-8-6-5-7-9-14)17-10-12-18(13-11-17)16(19)4-2/h5-9,15H,3-4,10-13H2,1-2H3. The Bertz CT molecular complexity index is 396. The second-order valence-electron chi connectivity index (χ2n) is 5.11. The molecule has 0 radical (unpaired) electrons. The number of nitrogens with zero attached hydrogens (tertiary/aromatic N) is 2. The predicted molar refractivity (Wildman–Crippen MR) is 77.9 cm³/mol. The van der Waals surface area contributed by atoms with Crippen LogP contribution in [0.15, 0.2) is 30.3 Å². The third-order valence-electron chi connectivity index (χ3n) is 3.98. The largest absolute Gasteiger partial charge is 0.340 e. The number of benzene rings is 1. The van der Waals surface area contributed by atoms with Crippen molar-refractivity contribution < 1.29 is 4.79 Å². The van der Waals surface area contributed by atoms with E-state index < -0.39 is 0 Å². The molecule has 1 aromatic carbocycles. The van der Waals surface area contributed by atoms with Crippen molar-refractivity contribution >= 4 is 5.91 Å². The maximum atomic E-state index is 11.7. The SMILES string of the molecule is CCC(=O)N1CCN(C(CC)c2ccccc2)CC1. The smallest absolute Gasteiger partial charge is 0.222 e. The molecular formula is C16H24N2O. The van der Waals surface area contributed by atoms with Gasteiger partial charge in [-0.2, -0.15) is 0 Å². The van der Waals surface area contributed by atoms with Crippen molar-refractivity contribution in [3.8, 4) is 0 Å². The van der Waals surface area contributed by atoms with Gasteiger partial charge < -0.3 is 4.90 Å². The van der Waals surface area contributed by atoms with Crippen LogP contribution in [0.3, 0.4) is 0 Å². The highest BCUT2D eigenvalue weighted by atomic mass is 16.2. The Morgan fingerprint density at radius 1 is 1.11 bits per heavy atom. The van der Waals surface area contributed by atoms with Crippen LogP contribution in [-0.4, -0.2) is 41.9 Å². The Balaban J connectivity index is 1.98. The van der Waals surface area contributed by atoms with Gasteiger partial charge in [0, 0.05) is 38.6 Å². The molecule has 104 valence electrons. The van der Waals surface area contributed by atoms with Crippen LogP contribution in [-0.2, 0) is 4.79 Å². The van der Waals surface area contributed by atoms with Gasteiger partial charge in [-0.1, -0.05) is 44.2 Å². The van der Waals surface area contributed by atoms with Crippen LogP contribution in [0.2, 0.25) is 0 Å². The van der Waals surface area contributed by atoms with Crippen LogP contribution in [0.5, 0.6) is 0 Å². The van der Waals surface area contributed by atoms with E-state index in [1.54, 1.807) is 0 Å². The Labute approximate surface area is 116 Å². The molecule has 1 fully saturated rings. The summed E-state index contributed by atoms with van der Waals surface area (Å²) in [7, 11) is 0. The molecule has 0 spiro atoms. The van der Waals surface area contributed by atoms with Crippen LogP contribution in [0.25, 0.3) is 0 Å². The van der Waals surface area contributed by atoms with Crippen molar-refractivity contribution in [1.29, 1.82) is 0 Å². The minimum atomic E-state index is 0.285. The van der Waals surface area contributed by atoms with E-state index in [-0.39, 0.29) is 5.91 Å². The van der Waals surface area contributed by atoms with Crippen molar-refractivity contribution in [3.05, 3.63) is 35.9 Å². The average molecular weight is 260 g/mol. The summed E-state index contributed by atoms with van der Waals surface area (Å²) in [6, 6.07) is 11.2. The number of piperazine rings is 1. The summed E-state index contributed by atoms with van der Waals surface area (Å²) >= 11 is 0. The van der Waals surface area contributed by atoms with Crippen molar-refractivity contribution in [2.45, 2.75) is 32.7 Å². The summed E-state index contributed by atoms with van der Waals surface area (Å²) in [6.45, 7) is 7.89. The Kier molecular flexibility index (Phi) is 4.97. The van der Waals surface area contributed by atoms with Gasteiger partial charge in [0.05, 0.1) is 0 Å². The van der Waals surface area contributed by atoms with Crippen LogP contribution in [0.1, 0.15) is 38.3 Å². The van der Waals surface area contributed by atoms with E-state index in [1.165, 1.54) is 5.56 Å². The quantitative estimate of drug-likeness (QED) is 0.831. The lowest BCUT2D eigenvalue weighted by atomic mass is 10.0. The summed E-state index contributed by atoms with van der Waals surface area (Å²) in [5.74, 6) is 0.285. The first kappa shape index (κ1) is 14.1. The highest BCUT2D eigenvalue weighted by Gasteiger charge is 2.25. The van der Waals surface area contributed by atoms with E-state index in [4.69, 9.17) is 0 Å². The fraction of sp³-hybridized carbons (Fsp3) is 0.562. The normalized spacial score (nSPS) is 18.3. The van der Waals surface area contributed by atoms with Gasteiger partial charge in [0.25, 0.3) is 0 Å². The van der Waals surface area contributed by atoms with Crippen molar-refractivity contribution in [2.24, 2.45) is 0 Å². The van der Waals surface area contributed by atoms with E-state index >= 15 is 0 Å². The van der Waals surface area contributed by atoms with Crippen molar-refractivity contribution in [2.75, 3.05) is 26.2 Å². The van der Waals surface area contributed by atoms with Gasteiger partial charge in [-0.15, -0.1) is 0 Å². The van der Waals surface area contributed by atoms with Gasteiger partial charge in [-0.05, 0) is 12.0 Å². The van der Waals surface area contributed by atoms with Crippen LogP contribution < -0.4 is 0 Å². The molecule has 0 N–H and O–H groups in total. The molecule has 1 saturated heterocycles. The molecule has 1 unspecified atom stereocenters. The number of hydrogen-bond donors (Lipinski definition) is 0. The van der Waals surface area contributed by atoms with Crippen molar-refractivity contribution in [1.82, 2.24) is 9.80 Å². The molecule has 19 heavy (non-hydrogen) atoms. The third kappa shape index (κ3) is 3.35. The van der Waals surface area contributed by atoms with Gasteiger partial charge in [0.15, 0.2) is 0 Å². The van der Waals surface area contributed by atoms with E-state index in [1.807, 2.05) is 11.8 Å². The molecule has 1 heterocycles. The van der Waals surface area contributed by atoms with Crippen LogP contribution in [0.4, 0.5) is 0 Å². The summed E-state index contributed by atoms with van der Waals surface area (Å²) in [5, 5.41) is 0. The fourth-order valence-electron chi connectivity index (χ4n) is 2.89. The third-order valence-corrected chi connectivity index (χ3v) is 3.98. The number of rotatable bonds is 4. The van der Waals surface area contributed by atoms with Gasteiger partial charge in [0.1, 0.15) is 0 Å². The maximum absolute atomic E-state index is 11.7. The summed E-state index contributed by atoms with van der Waals surface area (Å²) in [5.41, 5.74) is 1.39. The number of carbonyl (C=O) groups is 1. The summed E-state index contributed by atoms with van der Waals surface area (Å²) in [6.07, 6.45) is 1.74. The van der Waals surface area contributed by atoms with Crippen molar-refractivity contribution in [3.63, 3.8) is 0 Å². The Hall–Kier alpha value is -1.35. The summed E-state index contributed by atoms with van der Waals surface area (Å²) in [4.78, 5) is 16.2. The van der Waals surface area contributed by atoms with Gasteiger partial charge in [-0.3, -0.25) is 9.69 Å². The highest BCUT2D eigenvalue weighted by Crippen LogP contribution is 2.25. The second kappa shape index (κ2) is 6.71. The lowest BCUT2D eigenvalue weighted by Gasteiger charge is -2.39. The zero-order valence-electron chi connectivity index (χ0n) is 12.0. The van der Waals surface area contributed by atoms with E-state index in [9.17, 15) is 4.79 Å². The lowest BCUT2D eigenvalue weighted by molar-refractivity contribution is -0.132. The highest BCUT2D eigenvalue weighted by molar-refractivity contribution is 5.75. The molecule has 3 heteroatoms. The molecule has 0 aromatic heterocycles. The number of hydrogen-bond acceptors (Lipinski definition) is 2. The first-order valence-corrected chi connectivity index (χ1v) is 7.33. The van der Waals surface area contributed by atoms with E-state index in [0.717, 1.165) is 32.6 Å². The molecule has 1 aliphatic rings. The molecule has 1 amide bonds. The van der Waals surface area contributed by atoms with Gasteiger partial charge >= 0.3 is 0 Å². The van der Waals surface area contributed by atoms with E-state index in [2.05, 4.69) is 42.2 Å². The van der Waals surface area contributed by atoms with Crippen LogP contribution in [0, 0.1) is 0 Å². The molecule has 1 aliphatic heterocycles. The maximum Gasteiger partial charge on any atom is 0.222 e. The Morgan fingerprint density at radius 2 is 1.74 bits per heavy atom. The zero-order valence-corrected chi connectivity index (χ0v) is 12.0. The molecule has 0 aliphatic carbocycles. The number of carbonyl (C=O) groups excluding carboxylic acids is 1.